The Bertz CT molecular complexity index is 193. The molecule has 0 aliphatic heterocycles. The molecule has 0 N–H and O–H groups in total. The second-order valence-corrected chi connectivity index (χ2v) is 3.20. The van der Waals surface area contributed by atoms with Crippen LogP contribution in [0.3, 0.4) is 0 Å². The zero-order valence-corrected chi connectivity index (χ0v) is 8.69. The van der Waals surface area contributed by atoms with Crippen molar-refractivity contribution in [3.05, 3.63) is 10.1 Å². The summed E-state index contributed by atoms with van der Waals surface area (Å²) in [7, 11) is 0. The maximum Gasteiger partial charge on any atom is 0.355 e. The largest absolute Gasteiger partial charge is 0.398 e. The number of rotatable bonds is 7. The molecule has 5 heteroatoms. The fourth-order valence-electron chi connectivity index (χ4n) is 1.14. The number of carbonyl (C=O) groups excluding carboxylic acids is 1. The van der Waals surface area contributed by atoms with Crippen LogP contribution in [0.25, 0.3) is 0 Å². The lowest BCUT2D eigenvalue weighted by Crippen LogP contribution is -2.25. The molecule has 1 unspecified atom stereocenters. The van der Waals surface area contributed by atoms with E-state index in [2.05, 4.69) is 11.7 Å². The van der Waals surface area contributed by atoms with Gasteiger partial charge in [-0.05, 0) is 6.42 Å². The predicted octanol–water partition coefficient (Wildman–Crippen LogP) is 2.12. The molecule has 0 aromatic heterocycles. The van der Waals surface area contributed by atoms with E-state index in [0.29, 0.717) is 6.42 Å². The number of nitrogens with zero attached hydrogens (tertiary/aromatic N) is 1. The fraction of sp³-hybridized carbons (Fsp3) is 0.889. The first-order chi connectivity index (χ1) is 6.57. The molecule has 0 bridgehead atoms. The first-order valence-electron chi connectivity index (χ1n) is 4.88. The molecule has 0 saturated carbocycles. The molecule has 0 saturated heterocycles. The molecule has 0 amide bonds. The standard InChI is InChI=1S/C9H17NO4/c1-3-4-5-6-7-9(10(12)13)14-8(2)11/h9H,3-7H2,1-2H3. The molecule has 14 heavy (non-hydrogen) atoms. The molecule has 0 aromatic rings. The Morgan fingerprint density at radius 2 is 2.07 bits per heavy atom. The van der Waals surface area contributed by atoms with Crippen LogP contribution in [0.4, 0.5) is 0 Å². The summed E-state index contributed by atoms with van der Waals surface area (Å²) < 4.78 is 4.55. The highest BCUT2D eigenvalue weighted by molar-refractivity contribution is 5.65. The van der Waals surface area contributed by atoms with Crippen LogP contribution < -0.4 is 0 Å². The average molecular weight is 203 g/mol. The van der Waals surface area contributed by atoms with Crippen LogP contribution in [0.15, 0.2) is 0 Å². The van der Waals surface area contributed by atoms with E-state index in [9.17, 15) is 14.9 Å². The minimum absolute atomic E-state index is 0.312. The molecular formula is C9H17NO4. The van der Waals surface area contributed by atoms with Crippen molar-refractivity contribution in [1.82, 2.24) is 0 Å². The normalized spacial score (nSPS) is 12.1. The van der Waals surface area contributed by atoms with Crippen LogP contribution in [-0.2, 0) is 9.53 Å². The van der Waals surface area contributed by atoms with Crippen LogP contribution in [0, 0.1) is 10.1 Å². The van der Waals surface area contributed by atoms with Crippen LogP contribution in [-0.4, -0.2) is 17.1 Å². The monoisotopic (exact) mass is 203 g/mol. The van der Waals surface area contributed by atoms with E-state index >= 15 is 0 Å². The number of hydrogen-bond acceptors (Lipinski definition) is 4. The van der Waals surface area contributed by atoms with Crippen molar-refractivity contribution < 1.29 is 14.5 Å². The lowest BCUT2D eigenvalue weighted by atomic mass is 10.1. The Kier molecular flexibility index (Phi) is 6.70. The molecule has 0 spiro atoms. The van der Waals surface area contributed by atoms with Crippen molar-refractivity contribution >= 4 is 5.97 Å². The Morgan fingerprint density at radius 1 is 1.43 bits per heavy atom. The van der Waals surface area contributed by atoms with Crippen molar-refractivity contribution in [2.24, 2.45) is 0 Å². The smallest absolute Gasteiger partial charge is 0.355 e. The van der Waals surface area contributed by atoms with Crippen LogP contribution in [0.1, 0.15) is 46.0 Å². The second kappa shape index (κ2) is 7.29. The molecule has 1 atom stereocenters. The third-order valence-electron chi connectivity index (χ3n) is 1.84. The van der Waals surface area contributed by atoms with E-state index in [1.165, 1.54) is 6.92 Å². The molecule has 0 aliphatic carbocycles. The third-order valence-corrected chi connectivity index (χ3v) is 1.84. The predicted molar refractivity (Wildman–Crippen MR) is 51.3 cm³/mol. The van der Waals surface area contributed by atoms with Gasteiger partial charge in [-0.3, -0.25) is 14.9 Å². The van der Waals surface area contributed by atoms with E-state index in [-0.39, 0.29) is 0 Å². The lowest BCUT2D eigenvalue weighted by molar-refractivity contribution is -0.569. The number of ether oxygens (including phenoxy) is 1. The van der Waals surface area contributed by atoms with E-state index < -0.39 is 17.1 Å². The highest BCUT2D eigenvalue weighted by Gasteiger charge is 2.21. The van der Waals surface area contributed by atoms with Gasteiger partial charge in [0.1, 0.15) is 0 Å². The summed E-state index contributed by atoms with van der Waals surface area (Å²) in [6.07, 6.45) is 2.96. The molecule has 0 heterocycles. The highest BCUT2D eigenvalue weighted by Crippen LogP contribution is 2.08. The van der Waals surface area contributed by atoms with Gasteiger partial charge in [-0.15, -0.1) is 0 Å². The number of nitro groups is 1. The summed E-state index contributed by atoms with van der Waals surface area (Å²) in [5.41, 5.74) is 0. The van der Waals surface area contributed by atoms with Gasteiger partial charge in [0.05, 0.1) is 11.3 Å². The van der Waals surface area contributed by atoms with E-state index in [4.69, 9.17) is 0 Å². The van der Waals surface area contributed by atoms with E-state index in [1.807, 2.05) is 0 Å². The summed E-state index contributed by atoms with van der Waals surface area (Å²) in [6.45, 7) is 3.25. The zero-order valence-electron chi connectivity index (χ0n) is 8.69. The molecule has 0 fully saturated rings. The molecule has 0 aromatic carbocycles. The highest BCUT2D eigenvalue weighted by atomic mass is 16.7. The average Bonchev–Trinajstić information content (AvgIpc) is 2.09. The fourth-order valence-corrected chi connectivity index (χ4v) is 1.14. The van der Waals surface area contributed by atoms with Gasteiger partial charge in [0.2, 0.25) is 0 Å². The van der Waals surface area contributed by atoms with Gasteiger partial charge in [-0.2, -0.15) is 0 Å². The van der Waals surface area contributed by atoms with Gasteiger partial charge < -0.3 is 4.74 Å². The number of unbranched alkanes of at least 4 members (excludes halogenated alkanes) is 3. The molecule has 5 nitrogen and oxygen atoms in total. The quantitative estimate of drug-likeness (QED) is 0.209. The van der Waals surface area contributed by atoms with Gasteiger partial charge >= 0.3 is 12.2 Å². The second-order valence-electron chi connectivity index (χ2n) is 3.20. The molecule has 0 rings (SSSR count). The third kappa shape index (κ3) is 6.39. The molecule has 0 radical (unpaired) electrons. The Labute approximate surface area is 83.6 Å². The summed E-state index contributed by atoms with van der Waals surface area (Å²) in [6, 6.07) is 0. The summed E-state index contributed by atoms with van der Waals surface area (Å²) in [4.78, 5) is 20.4. The Balaban J connectivity index is 3.74. The van der Waals surface area contributed by atoms with Gasteiger partial charge in [0.15, 0.2) is 0 Å². The van der Waals surface area contributed by atoms with Gasteiger partial charge in [0.25, 0.3) is 0 Å². The summed E-state index contributed by atoms with van der Waals surface area (Å²) in [5, 5.41) is 10.4. The van der Waals surface area contributed by atoms with Crippen molar-refractivity contribution in [2.75, 3.05) is 0 Å². The van der Waals surface area contributed by atoms with E-state index in [0.717, 1.165) is 25.7 Å². The SMILES string of the molecule is CCCCCCC(OC(C)=O)[N+](=O)[O-]. The maximum atomic E-state index is 10.5. The van der Waals surface area contributed by atoms with Crippen molar-refractivity contribution in [3.63, 3.8) is 0 Å². The summed E-state index contributed by atoms with van der Waals surface area (Å²) >= 11 is 0. The van der Waals surface area contributed by atoms with Gasteiger partial charge in [-0.1, -0.05) is 26.2 Å². The molecular weight excluding hydrogens is 186 g/mol. The van der Waals surface area contributed by atoms with Crippen LogP contribution >= 0.6 is 0 Å². The van der Waals surface area contributed by atoms with E-state index in [1.54, 1.807) is 0 Å². The minimum Gasteiger partial charge on any atom is -0.398 e. The van der Waals surface area contributed by atoms with Gasteiger partial charge in [0, 0.05) is 6.92 Å². The molecule has 82 valence electrons. The maximum absolute atomic E-state index is 10.5. The van der Waals surface area contributed by atoms with Crippen molar-refractivity contribution in [2.45, 2.75) is 52.2 Å². The van der Waals surface area contributed by atoms with Crippen molar-refractivity contribution in [1.29, 1.82) is 0 Å². The van der Waals surface area contributed by atoms with Crippen LogP contribution in [0.2, 0.25) is 0 Å². The first kappa shape index (κ1) is 12.9. The summed E-state index contributed by atoms with van der Waals surface area (Å²) in [5.74, 6) is -0.595. The van der Waals surface area contributed by atoms with Gasteiger partial charge in [-0.25, -0.2) is 0 Å². The number of hydrogen-bond donors (Lipinski definition) is 0. The minimum atomic E-state index is -1.16. The Morgan fingerprint density at radius 3 is 2.50 bits per heavy atom. The zero-order chi connectivity index (χ0) is 11.0. The first-order valence-corrected chi connectivity index (χ1v) is 4.88. The topological polar surface area (TPSA) is 69.4 Å². The van der Waals surface area contributed by atoms with Crippen molar-refractivity contribution in [3.8, 4) is 0 Å². The van der Waals surface area contributed by atoms with Crippen LogP contribution in [0.5, 0.6) is 0 Å². The molecule has 0 aliphatic rings. The number of carbonyl (C=O) groups is 1. The lowest BCUT2D eigenvalue weighted by Gasteiger charge is -2.08. The Hall–Kier alpha value is -1.13. The number of esters is 1.